The van der Waals surface area contributed by atoms with E-state index in [1.807, 2.05) is 80.7 Å². The highest BCUT2D eigenvalue weighted by atomic mass is 16.2. The fourth-order valence-electron chi connectivity index (χ4n) is 2.29. The second-order valence-electron chi connectivity index (χ2n) is 5.95. The Bertz CT molecular complexity index is 812. The highest BCUT2D eigenvalue weighted by Crippen LogP contribution is 2.19. The van der Waals surface area contributed by atoms with Crippen molar-refractivity contribution >= 4 is 11.7 Å². The Morgan fingerprint density at radius 3 is 2.29 bits per heavy atom. The maximum atomic E-state index is 12.2. The standard InChI is InChI=1S/C18H19N5O/c1-18(2,20-17(24)19-14-9-5-3-6-10-14)16-13-23(22-21-16)15-11-7-4-8-12-15/h3-13H,1-2H3,(H2,19,20,24). The number of carbonyl (C=O) groups is 1. The van der Waals surface area contributed by atoms with E-state index in [1.165, 1.54) is 0 Å². The average Bonchev–Trinajstić information content (AvgIpc) is 3.07. The van der Waals surface area contributed by atoms with Crippen molar-refractivity contribution in [1.82, 2.24) is 20.3 Å². The van der Waals surface area contributed by atoms with Crippen molar-refractivity contribution in [2.24, 2.45) is 0 Å². The Labute approximate surface area is 140 Å². The minimum atomic E-state index is -0.661. The van der Waals surface area contributed by atoms with Gasteiger partial charge in [-0.25, -0.2) is 9.48 Å². The summed E-state index contributed by atoms with van der Waals surface area (Å²) >= 11 is 0. The highest BCUT2D eigenvalue weighted by Gasteiger charge is 2.26. The molecule has 0 saturated carbocycles. The zero-order chi connectivity index (χ0) is 17.0. The summed E-state index contributed by atoms with van der Waals surface area (Å²) in [5.41, 5.74) is 1.67. The number of amides is 2. The molecule has 122 valence electrons. The molecule has 2 N–H and O–H groups in total. The summed E-state index contributed by atoms with van der Waals surface area (Å²) in [5.74, 6) is 0. The molecule has 0 atom stereocenters. The smallest absolute Gasteiger partial charge is 0.319 e. The third-order valence-electron chi connectivity index (χ3n) is 3.61. The van der Waals surface area contributed by atoms with Crippen molar-refractivity contribution in [2.75, 3.05) is 5.32 Å². The Morgan fingerprint density at radius 2 is 1.62 bits per heavy atom. The summed E-state index contributed by atoms with van der Waals surface area (Å²) in [7, 11) is 0. The third kappa shape index (κ3) is 3.60. The first-order chi connectivity index (χ1) is 11.5. The van der Waals surface area contributed by atoms with Crippen LogP contribution in [-0.4, -0.2) is 21.0 Å². The van der Waals surface area contributed by atoms with E-state index in [0.29, 0.717) is 5.69 Å². The maximum absolute atomic E-state index is 12.2. The number of carbonyl (C=O) groups excluding carboxylic acids is 1. The summed E-state index contributed by atoms with van der Waals surface area (Å²) < 4.78 is 1.69. The van der Waals surface area contributed by atoms with Crippen LogP contribution < -0.4 is 10.6 Å². The summed E-state index contributed by atoms with van der Waals surface area (Å²) in [6.07, 6.45) is 1.82. The van der Waals surface area contributed by atoms with E-state index in [2.05, 4.69) is 20.9 Å². The van der Waals surface area contributed by atoms with Gasteiger partial charge in [0.1, 0.15) is 5.69 Å². The first-order valence-corrected chi connectivity index (χ1v) is 7.67. The second-order valence-corrected chi connectivity index (χ2v) is 5.95. The van der Waals surface area contributed by atoms with Crippen LogP contribution in [0.1, 0.15) is 19.5 Å². The van der Waals surface area contributed by atoms with Crippen molar-refractivity contribution in [3.8, 4) is 5.69 Å². The topological polar surface area (TPSA) is 71.8 Å². The summed E-state index contributed by atoms with van der Waals surface area (Å²) in [6, 6.07) is 18.7. The van der Waals surface area contributed by atoms with Crippen molar-refractivity contribution < 1.29 is 4.79 Å². The predicted octanol–water partition coefficient (Wildman–Crippen LogP) is 3.32. The number of nitrogens with one attached hydrogen (secondary N) is 2. The molecule has 0 aliphatic heterocycles. The van der Waals surface area contributed by atoms with Gasteiger partial charge in [0.25, 0.3) is 0 Å². The average molecular weight is 321 g/mol. The molecule has 2 amide bonds. The van der Waals surface area contributed by atoms with E-state index in [-0.39, 0.29) is 6.03 Å². The van der Waals surface area contributed by atoms with E-state index < -0.39 is 5.54 Å². The molecule has 6 nitrogen and oxygen atoms in total. The molecule has 3 aromatic rings. The van der Waals surface area contributed by atoms with Gasteiger partial charge in [0.15, 0.2) is 0 Å². The number of aromatic nitrogens is 3. The molecule has 0 fully saturated rings. The molecule has 24 heavy (non-hydrogen) atoms. The molecule has 0 radical (unpaired) electrons. The monoisotopic (exact) mass is 321 g/mol. The number of rotatable bonds is 4. The zero-order valence-corrected chi connectivity index (χ0v) is 13.6. The first-order valence-electron chi connectivity index (χ1n) is 7.67. The lowest BCUT2D eigenvalue weighted by molar-refractivity contribution is 0.241. The molecular weight excluding hydrogens is 302 g/mol. The molecule has 0 aliphatic carbocycles. The zero-order valence-electron chi connectivity index (χ0n) is 13.6. The Hall–Kier alpha value is -3.15. The normalized spacial score (nSPS) is 11.1. The molecule has 1 heterocycles. The van der Waals surface area contributed by atoms with E-state index in [1.54, 1.807) is 4.68 Å². The molecule has 0 bridgehead atoms. The number of hydrogen-bond donors (Lipinski definition) is 2. The molecule has 1 aromatic heterocycles. The lowest BCUT2D eigenvalue weighted by Crippen LogP contribution is -2.43. The molecular formula is C18H19N5O. The highest BCUT2D eigenvalue weighted by molar-refractivity contribution is 5.89. The minimum Gasteiger partial charge on any atom is -0.327 e. The SMILES string of the molecule is CC(C)(NC(=O)Nc1ccccc1)c1cn(-c2ccccc2)nn1. The molecule has 0 aliphatic rings. The van der Waals surface area contributed by atoms with Crippen LogP contribution >= 0.6 is 0 Å². The van der Waals surface area contributed by atoms with Gasteiger partial charge < -0.3 is 10.6 Å². The molecule has 0 saturated heterocycles. The van der Waals surface area contributed by atoms with E-state index in [4.69, 9.17) is 0 Å². The van der Waals surface area contributed by atoms with E-state index in [0.717, 1.165) is 11.4 Å². The van der Waals surface area contributed by atoms with Gasteiger partial charge in [0, 0.05) is 5.69 Å². The van der Waals surface area contributed by atoms with E-state index in [9.17, 15) is 4.79 Å². The van der Waals surface area contributed by atoms with Gasteiger partial charge in [-0.2, -0.15) is 0 Å². The number of urea groups is 1. The van der Waals surface area contributed by atoms with Crippen molar-refractivity contribution in [3.63, 3.8) is 0 Å². The van der Waals surface area contributed by atoms with Crippen molar-refractivity contribution in [1.29, 1.82) is 0 Å². The van der Waals surface area contributed by atoms with Crippen LogP contribution in [0.2, 0.25) is 0 Å². The Morgan fingerprint density at radius 1 is 1.00 bits per heavy atom. The molecule has 3 rings (SSSR count). The van der Waals surface area contributed by atoms with Crippen LogP contribution in [0.5, 0.6) is 0 Å². The molecule has 0 spiro atoms. The number of hydrogen-bond acceptors (Lipinski definition) is 3. The van der Waals surface area contributed by atoms with Crippen LogP contribution in [0.4, 0.5) is 10.5 Å². The largest absolute Gasteiger partial charge is 0.327 e. The van der Waals surface area contributed by atoms with Gasteiger partial charge in [-0.05, 0) is 38.1 Å². The summed E-state index contributed by atoms with van der Waals surface area (Å²) in [5, 5.41) is 14.1. The van der Waals surface area contributed by atoms with Gasteiger partial charge in [0.05, 0.1) is 17.4 Å². The Kier molecular flexibility index (Phi) is 4.29. The predicted molar refractivity (Wildman–Crippen MR) is 93.0 cm³/mol. The molecule has 0 unspecified atom stereocenters. The van der Waals surface area contributed by atoms with Gasteiger partial charge in [-0.1, -0.05) is 41.6 Å². The van der Waals surface area contributed by atoms with Crippen LogP contribution in [-0.2, 0) is 5.54 Å². The molecule has 6 heteroatoms. The molecule has 2 aromatic carbocycles. The third-order valence-corrected chi connectivity index (χ3v) is 3.61. The maximum Gasteiger partial charge on any atom is 0.319 e. The van der Waals surface area contributed by atoms with Crippen molar-refractivity contribution in [2.45, 2.75) is 19.4 Å². The second kappa shape index (κ2) is 6.54. The first kappa shape index (κ1) is 15.7. The summed E-state index contributed by atoms with van der Waals surface area (Å²) in [4.78, 5) is 12.2. The fourth-order valence-corrected chi connectivity index (χ4v) is 2.29. The van der Waals surface area contributed by atoms with Crippen LogP contribution in [0.15, 0.2) is 66.9 Å². The van der Waals surface area contributed by atoms with Gasteiger partial charge in [-0.15, -0.1) is 5.10 Å². The lowest BCUT2D eigenvalue weighted by Gasteiger charge is -2.23. The van der Waals surface area contributed by atoms with E-state index >= 15 is 0 Å². The number of benzene rings is 2. The van der Waals surface area contributed by atoms with Gasteiger partial charge in [0.2, 0.25) is 0 Å². The quantitative estimate of drug-likeness (QED) is 0.774. The van der Waals surface area contributed by atoms with Gasteiger partial charge >= 0.3 is 6.03 Å². The fraction of sp³-hybridized carbons (Fsp3) is 0.167. The minimum absolute atomic E-state index is 0.291. The van der Waals surface area contributed by atoms with Crippen LogP contribution in [0.25, 0.3) is 5.69 Å². The lowest BCUT2D eigenvalue weighted by atomic mass is 10.0. The Balaban J connectivity index is 1.71. The van der Waals surface area contributed by atoms with Gasteiger partial charge in [-0.3, -0.25) is 0 Å². The summed E-state index contributed by atoms with van der Waals surface area (Å²) in [6.45, 7) is 3.77. The number of anilines is 1. The van der Waals surface area contributed by atoms with Crippen molar-refractivity contribution in [3.05, 3.63) is 72.6 Å². The van der Waals surface area contributed by atoms with Crippen LogP contribution in [0.3, 0.4) is 0 Å². The van der Waals surface area contributed by atoms with Crippen LogP contribution in [0, 0.1) is 0 Å². The number of nitrogens with zero attached hydrogens (tertiary/aromatic N) is 3. The number of para-hydroxylation sites is 2.